The number of nitrogens with zero attached hydrogens (tertiary/aromatic N) is 3. The number of carbonyl (C=O) groups is 1. The Morgan fingerprint density at radius 3 is 2.52 bits per heavy atom. The summed E-state index contributed by atoms with van der Waals surface area (Å²) in [6.45, 7) is 7.52. The summed E-state index contributed by atoms with van der Waals surface area (Å²) >= 11 is 1.44. The second-order valence-corrected chi connectivity index (χ2v) is 8.33. The fourth-order valence-electron chi connectivity index (χ4n) is 3.51. The van der Waals surface area contributed by atoms with Gasteiger partial charge in [-0.3, -0.25) is 4.79 Å². The summed E-state index contributed by atoms with van der Waals surface area (Å²) < 4.78 is 5.77. The molecule has 2 aromatic carbocycles. The zero-order valence-corrected chi connectivity index (χ0v) is 17.6. The molecule has 1 aliphatic rings. The summed E-state index contributed by atoms with van der Waals surface area (Å²) in [5.41, 5.74) is 3.27. The zero-order chi connectivity index (χ0) is 20.2. The number of ether oxygens (including phenoxy) is 1. The van der Waals surface area contributed by atoms with E-state index in [0.717, 1.165) is 47.5 Å². The number of hydrogen-bond donors (Lipinski definition) is 0. The van der Waals surface area contributed by atoms with Gasteiger partial charge in [-0.05, 0) is 43.7 Å². The Kier molecular flexibility index (Phi) is 5.81. The number of aryl methyl sites for hydroxylation is 2. The van der Waals surface area contributed by atoms with Crippen LogP contribution in [0.15, 0.2) is 54.6 Å². The van der Waals surface area contributed by atoms with Crippen molar-refractivity contribution in [3.8, 4) is 5.75 Å². The molecule has 3 aromatic rings. The van der Waals surface area contributed by atoms with Gasteiger partial charge in [0.2, 0.25) is 0 Å². The van der Waals surface area contributed by atoms with Crippen molar-refractivity contribution in [1.29, 1.82) is 0 Å². The lowest BCUT2D eigenvalue weighted by atomic mass is 10.2. The SMILES string of the molecule is Cc1cccc(N2CCN(C(=O)c3sc(COc4ccccc4)nc3C)CC2)c1. The first kappa shape index (κ1) is 19.5. The Labute approximate surface area is 175 Å². The summed E-state index contributed by atoms with van der Waals surface area (Å²) in [4.78, 5) is 22.6. The van der Waals surface area contributed by atoms with Crippen molar-refractivity contribution in [2.45, 2.75) is 20.5 Å². The largest absolute Gasteiger partial charge is 0.486 e. The zero-order valence-electron chi connectivity index (χ0n) is 16.8. The van der Waals surface area contributed by atoms with Gasteiger partial charge in [-0.15, -0.1) is 11.3 Å². The van der Waals surface area contributed by atoms with E-state index < -0.39 is 0 Å². The van der Waals surface area contributed by atoms with Gasteiger partial charge in [-0.2, -0.15) is 0 Å². The number of para-hydroxylation sites is 1. The van der Waals surface area contributed by atoms with Crippen molar-refractivity contribution >= 4 is 22.9 Å². The molecule has 0 N–H and O–H groups in total. The average Bonchev–Trinajstić information content (AvgIpc) is 3.13. The van der Waals surface area contributed by atoms with Crippen molar-refractivity contribution in [3.63, 3.8) is 0 Å². The van der Waals surface area contributed by atoms with Crippen LogP contribution in [0.4, 0.5) is 5.69 Å². The Morgan fingerprint density at radius 1 is 1.03 bits per heavy atom. The Hall–Kier alpha value is -2.86. The molecule has 0 unspecified atom stereocenters. The van der Waals surface area contributed by atoms with Crippen molar-refractivity contribution in [2.24, 2.45) is 0 Å². The number of rotatable bonds is 5. The van der Waals surface area contributed by atoms with Crippen LogP contribution < -0.4 is 9.64 Å². The number of amides is 1. The molecule has 1 saturated heterocycles. The molecule has 6 heteroatoms. The fraction of sp³-hybridized carbons (Fsp3) is 0.304. The average molecular weight is 408 g/mol. The molecule has 0 radical (unpaired) electrons. The van der Waals surface area contributed by atoms with Gasteiger partial charge in [0.1, 0.15) is 22.2 Å². The van der Waals surface area contributed by atoms with Gasteiger partial charge >= 0.3 is 0 Å². The summed E-state index contributed by atoms with van der Waals surface area (Å²) in [6.07, 6.45) is 0. The van der Waals surface area contributed by atoms with Crippen LogP contribution in [-0.4, -0.2) is 42.0 Å². The topological polar surface area (TPSA) is 45.7 Å². The third-order valence-electron chi connectivity index (χ3n) is 5.07. The molecule has 0 saturated carbocycles. The van der Waals surface area contributed by atoms with Crippen LogP contribution in [0.25, 0.3) is 0 Å². The lowest BCUT2D eigenvalue weighted by Crippen LogP contribution is -2.48. The number of piperazine rings is 1. The Balaban J connectivity index is 1.37. The van der Waals surface area contributed by atoms with Gasteiger partial charge in [0.05, 0.1) is 5.69 Å². The molecule has 150 valence electrons. The van der Waals surface area contributed by atoms with Crippen LogP contribution in [0, 0.1) is 13.8 Å². The monoisotopic (exact) mass is 407 g/mol. The van der Waals surface area contributed by atoms with E-state index in [9.17, 15) is 4.79 Å². The van der Waals surface area contributed by atoms with Crippen LogP contribution in [0.5, 0.6) is 5.75 Å². The van der Waals surface area contributed by atoms with Crippen molar-refractivity contribution in [3.05, 3.63) is 75.7 Å². The normalized spacial score (nSPS) is 14.1. The number of aromatic nitrogens is 1. The third-order valence-corrected chi connectivity index (χ3v) is 6.19. The molecule has 4 rings (SSSR count). The highest BCUT2D eigenvalue weighted by Crippen LogP contribution is 2.24. The number of hydrogen-bond acceptors (Lipinski definition) is 5. The van der Waals surface area contributed by atoms with Gasteiger partial charge in [0, 0.05) is 31.9 Å². The highest BCUT2D eigenvalue weighted by molar-refractivity contribution is 7.13. The van der Waals surface area contributed by atoms with Crippen LogP contribution >= 0.6 is 11.3 Å². The molecule has 1 fully saturated rings. The van der Waals surface area contributed by atoms with E-state index in [1.165, 1.54) is 22.6 Å². The van der Waals surface area contributed by atoms with Gasteiger partial charge in [-0.25, -0.2) is 4.98 Å². The number of benzene rings is 2. The maximum Gasteiger partial charge on any atom is 0.265 e. The van der Waals surface area contributed by atoms with E-state index in [2.05, 4.69) is 41.1 Å². The molecule has 5 nitrogen and oxygen atoms in total. The third kappa shape index (κ3) is 4.59. The minimum absolute atomic E-state index is 0.0786. The first-order valence-corrected chi connectivity index (χ1v) is 10.7. The van der Waals surface area contributed by atoms with Crippen LogP contribution in [0.1, 0.15) is 25.9 Å². The molecule has 0 aliphatic carbocycles. The molecule has 1 aliphatic heterocycles. The Bertz CT molecular complexity index is 979. The second kappa shape index (κ2) is 8.66. The molecule has 0 spiro atoms. The lowest BCUT2D eigenvalue weighted by Gasteiger charge is -2.36. The second-order valence-electron chi connectivity index (χ2n) is 7.24. The molecule has 0 bridgehead atoms. The fourth-order valence-corrected chi connectivity index (χ4v) is 4.46. The van der Waals surface area contributed by atoms with E-state index in [1.54, 1.807) is 0 Å². The molecule has 0 atom stereocenters. The quantitative estimate of drug-likeness (QED) is 0.633. The highest BCUT2D eigenvalue weighted by atomic mass is 32.1. The van der Waals surface area contributed by atoms with Crippen molar-refractivity contribution < 1.29 is 9.53 Å². The van der Waals surface area contributed by atoms with Gasteiger partial charge in [-0.1, -0.05) is 30.3 Å². The predicted molar refractivity (Wildman–Crippen MR) is 117 cm³/mol. The molecule has 1 aromatic heterocycles. The van der Waals surface area contributed by atoms with Crippen molar-refractivity contribution in [2.75, 3.05) is 31.1 Å². The van der Waals surface area contributed by atoms with Crippen LogP contribution in [0.2, 0.25) is 0 Å². The summed E-state index contributed by atoms with van der Waals surface area (Å²) in [7, 11) is 0. The highest BCUT2D eigenvalue weighted by Gasteiger charge is 2.25. The number of anilines is 1. The minimum Gasteiger partial charge on any atom is -0.486 e. The number of thiazole rings is 1. The first-order chi connectivity index (χ1) is 14.1. The molecular weight excluding hydrogens is 382 g/mol. The van der Waals surface area contributed by atoms with E-state index in [0.29, 0.717) is 6.61 Å². The van der Waals surface area contributed by atoms with Gasteiger partial charge in [0.15, 0.2) is 0 Å². The van der Waals surface area contributed by atoms with Gasteiger partial charge < -0.3 is 14.5 Å². The summed E-state index contributed by atoms with van der Waals surface area (Å²) in [6, 6.07) is 18.2. The van der Waals surface area contributed by atoms with Crippen LogP contribution in [0.3, 0.4) is 0 Å². The van der Waals surface area contributed by atoms with Crippen molar-refractivity contribution in [1.82, 2.24) is 9.88 Å². The summed E-state index contributed by atoms with van der Waals surface area (Å²) in [5, 5.41) is 0.827. The molecule has 1 amide bonds. The number of carbonyl (C=O) groups excluding carboxylic acids is 1. The molecule has 2 heterocycles. The first-order valence-electron chi connectivity index (χ1n) is 9.85. The standard InChI is InChI=1S/C23H25N3O2S/c1-17-7-6-8-19(15-17)25-11-13-26(14-12-25)23(27)22-18(2)24-21(29-22)16-28-20-9-4-3-5-10-20/h3-10,15H,11-14,16H2,1-2H3. The lowest BCUT2D eigenvalue weighted by molar-refractivity contribution is 0.0750. The smallest absolute Gasteiger partial charge is 0.265 e. The van der Waals surface area contributed by atoms with E-state index in [-0.39, 0.29) is 5.91 Å². The minimum atomic E-state index is 0.0786. The van der Waals surface area contributed by atoms with Gasteiger partial charge in [0.25, 0.3) is 5.91 Å². The maximum absolute atomic E-state index is 13.0. The van der Waals surface area contributed by atoms with E-state index in [4.69, 9.17) is 4.74 Å². The molecular formula is C23H25N3O2S. The summed E-state index contributed by atoms with van der Waals surface area (Å²) in [5.74, 6) is 0.885. The maximum atomic E-state index is 13.0. The van der Waals surface area contributed by atoms with E-state index in [1.807, 2.05) is 42.2 Å². The molecule has 29 heavy (non-hydrogen) atoms. The Morgan fingerprint density at radius 2 is 1.79 bits per heavy atom. The van der Waals surface area contributed by atoms with Crippen LogP contribution in [-0.2, 0) is 6.61 Å². The predicted octanol–water partition coefficient (Wildman–Crippen LogP) is 4.30. The van der Waals surface area contributed by atoms with E-state index >= 15 is 0 Å².